The van der Waals surface area contributed by atoms with Crippen molar-refractivity contribution in [2.45, 2.75) is 26.8 Å². The molecule has 0 saturated carbocycles. The molecule has 0 aliphatic rings. The number of methoxy groups -OCH3 is 1. The lowest BCUT2D eigenvalue weighted by atomic mass is 10.0. The van der Waals surface area contributed by atoms with Crippen LogP contribution in [0.5, 0.6) is 0 Å². The number of aryl methyl sites for hydroxylation is 2. The summed E-state index contributed by atoms with van der Waals surface area (Å²) in [6, 6.07) is 13.2. The molecule has 2 aromatic heterocycles. The molecular formula is C24H21BrN2O4. The lowest BCUT2D eigenvalue weighted by Gasteiger charge is -2.09. The topological polar surface area (TPSA) is 74.3 Å². The Hall–Kier alpha value is -3.19. The third-order valence-electron chi connectivity index (χ3n) is 5.35. The van der Waals surface area contributed by atoms with Crippen molar-refractivity contribution in [2.24, 2.45) is 0 Å². The van der Waals surface area contributed by atoms with Gasteiger partial charge in [-0.05, 0) is 40.5 Å². The Morgan fingerprint density at radius 1 is 1.23 bits per heavy atom. The molecule has 0 radical (unpaired) electrons. The second-order valence-corrected chi connectivity index (χ2v) is 7.90. The first-order valence-electron chi connectivity index (χ1n) is 9.88. The van der Waals surface area contributed by atoms with Crippen molar-refractivity contribution in [2.75, 3.05) is 7.11 Å². The molecule has 0 fully saturated rings. The molecule has 0 bridgehead atoms. The Morgan fingerprint density at radius 2 is 2.00 bits per heavy atom. The molecule has 0 spiro atoms. The molecule has 0 aliphatic heterocycles. The van der Waals surface area contributed by atoms with E-state index in [0.717, 1.165) is 40.6 Å². The Balaban J connectivity index is 1.80. The smallest absolute Gasteiger partial charge is 0.338 e. The van der Waals surface area contributed by atoms with E-state index >= 15 is 0 Å². The fourth-order valence-corrected chi connectivity index (χ4v) is 4.33. The molecule has 2 heterocycles. The van der Waals surface area contributed by atoms with E-state index in [2.05, 4.69) is 20.9 Å². The van der Waals surface area contributed by atoms with Crippen LogP contribution >= 0.6 is 15.9 Å². The summed E-state index contributed by atoms with van der Waals surface area (Å²) < 4.78 is 13.5. The largest absolute Gasteiger partial charge is 0.465 e. The van der Waals surface area contributed by atoms with Gasteiger partial charge in [-0.1, -0.05) is 37.3 Å². The summed E-state index contributed by atoms with van der Waals surface area (Å²) in [6.45, 7) is 4.40. The Bertz CT molecular complexity index is 1300. The molecule has 4 aromatic rings. The number of hydrogen-bond acceptors (Lipinski definition) is 5. The lowest BCUT2D eigenvalue weighted by Crippen LogP contribution is -2.08. The Kier molecular flexibility index (Phi) is 5.78. The molecule has 2 aromatic carbocycles. The van der Waals surface area contributed by atoms with Crippen molar-refractivity contribution >= 4 is 39.0 Å². The van der Waals surface area contributed by atoms with Crippen LogP contribution < -0.4 is 0 Å². The van der Waals surface area contributed by atoms with Crippen LogP contribution in [0.2, 0.25) is 0 Å². The van der Waals surface area contributed by atoms with Gasteiger partial charge in [-0.15, -0.1) is 0 Å². The van der Waals surface area contributed by atoms with Crippen LogP contribution in [0.1, 0.15) is 44.9 Å². The fraction of sp³-hybridized carbons (Fsp3) is 0.208. The molecule has 0 amide bonds. The highest BCUT2D eigenvalue weighted by molar-refractivity contribution is 9.10. The highest BCUT2D eigenvalue weighted by Gasteiger charge is 2.20. The molecule has 7 heteroatoms. The quantitative estimate of drug-likeness (QED) is 0.266. The zero-order valence-electron chi connectivity index (χ0n) is 17.4. The number of fused-ring (bicyclic) bond motifs is 1. The van der Waals surface area contributed by atoms with Gasteiger partial charge < -0.3 is 13.7 Å². The summed E-state index contributed by atoms with van der Waals surface area (Å²) in [5.41, 5.74) is 3.45. The number of benzene rings is 2. The van der Waals surface area contributed by atoms with Gasteiger partial charge in [-0.25, -0.2) is 9.78 Å². The first kappa shape index (κ1) is 21.1. The van der Waals surface area contributed by atoms with Crippen molar-refractivity contribution in [1.82, 2.24) is 9.55 Å². The minimum Gasteiger partial charge on any atom is -0.465 e. The average molecular weight is 481 g/mol. The molecule has 0 atom stereocenters. The number of nitrogens with zero attached hydrogens (tertiary/aromatic N) is 2. The van der Waals surface area contributed by atoms with Crippen molar-refractivity contribution in [1.29, 1.82) is 0 Å². The van der Waals surface area contributed by atoms with E-state index in [-0.39, 0.29) is 0 Å². The maximum absolute atomic E-state index is 12.2. The maximum Gasteiger partial charge on any atom is 0.338 e. The lowest BCUT2D eigenvalue weighted by molar-refractivity contribution is 0.0601. The number of carbonyl (C=O) groups is 2. The summed E-state index contributed by atoms with van der Waals surface area (Å²) in [5.74, 6) is 1.05. The van der Waals surface area contributed by atoms with Crippen LogP contribution in [-0.4, -0.2) is 28.9 Å². The number of aldehydes is 1. The van der Waals surface area contributed by atoms with Crippen LogP contribution in [-0.2, 0) is 17.7 Å². The second kappa shape index (κ2) is 8.51. The summed E-state index contributed by atoms with van der Waals surface area (Å²) in [7, 11) is 1.36. The van der Waals surface area contributed by atoms with Gasteiger partial charge in [0.2, 0.25) is 0 Å². The summed E-state index contributed by atoms with van der Waals surface area (Å²) in [6.07, 6.45) is 1.59. The minimum atomic E-state index is -0.420. The zero-order valence-corrected chi connectivity index (χ0v) is 19.0. The maximum atomic E-state index is 12.2. The number of ether oxygens (including phenoxy) is 1. The molecule has 158 valence electrons. The normalized spacial score (nSPS) is 11.1. The summed E-state index contributed by atoms with van der Waals surface area (Å²) in [4.78, 5) is 28.3. The number of hydrogen-bond donors (Lipinski definition) is 0. The summed E-state index contributed by atoms with van der Waals surface area (Å²) in [5, 5.41) is 1.76. The van der Waals surface area contributed by atoms with Gasteiger partial charge in [0.1, 0.15) is 17.3 Å². The first-order chi connectivity index (χ1) is 15.0. The third kappa shape index (κ3) is 3.70. The van der Waals surface area contributed by atoms with Crippen LogP contribution in [0.25, 0.3) is 22.1 Å². The third-order valence-corrected chi connectivity index (χ3v) is 5.94. The molecule has 0 aliphatic carbocycles. The van der Waals surface area contributed by atoms with Crippen LogP contribution in [0, 0.1) is 6.92 Å². The molecule has 6 nitrogen and oxygen atoms in total. The van der Waals surface area contributed by atoms with Crippen LogP contribution in [0.15, 0.2) is 51.6 Å². The van der Waals surface area contributed by atoms with E-state index in [9.17, 15) is 9.59 Å². The molecule has 31 heavy (non-hydrogen) atoms. The van der Waals surface area contributed by atoms with Gasteiger partial charge in [0, 0.05) is 29.3 Å². The Labute approximate surface area is 188 Å². The fourth-order valence-electron chi connectivity index (χ4n) is 3.84. The minimum absolute atomic E-state index is 0.420. The monoisotopic (exact) mass is 480 g/mol. The molecular weight excluding hydrogens is 460 g/mol. The number of carbonyl (C=O) groups excluding carboxylic acids is 2. The number of furan rings is 1. The first-order valence-corrected chi connectivity index (χ1v) is 10.7. The summed E-state index contributed by atoms with van der Waals surface area (Å²) >= 11 is 3.52. The predicted molar refractivity (Wildman–Crippen MR) is 122 cm³/mol. The van der Waals surface area contributed by atoms with Gasteiger partial charge in [0.05, 0.1) is 18.4 Å². The van der Waals surface area contributed by atoms with Crippen molar-refractivity contribution in [3.05, 3.63) is 75.5 Å². The highest BCUT2D eigenvalue weighted by atomic mass is 79.9. The SMILES string of the molecule is CCc1nc(C)c(C=O)n1Cc1ccc2c(-c3ccccc3C(=O)OC)oc(Br)c2c1. The second-order valence-electron chi connectivity index (χ2n) is 7.18. The van der Waals surface area contributed by atoms with E-state index < -0.39 is 5.97 Å². The number of rotatable bonds is 6. The van der Waals surface area contributed by atoms with Crippen LogP contribution in [0.4, 0.5) is 0 Å². The predicted octanol–water partition coefficient (Wildman–Crippen LogP) is 5.58. The van der Waals surface area contributed by atoms with Gasteiger partial charge in [-0.2, -0.15) is 0 Å². The van der Waals surface area contributed by atoms with E-state index in [1.165, 1.54) is 7.11 Å². The van der Waals surface area contributed by atoms with E-state index in [0.29, 0.717) is 33.8 Å². The standard InChI is InChI=1S/C24H21BrN2O4/c1-4-21-26-14(2)20(13-28)27(21)12-15-9-10-17-19(11-15)23(25)31-22(17)16-7-5-6-8-18(16)24(29)30-3/h5-11,13H,4,12H2,1-3H3. The molecule has 0 saturated heterocycles. The number of imidazole rings is 1. The highest BCUT2D eigenvalue weighted by Crippen LogP contribution is 2.39. The average Bonchev–Trinajstić information content (AvgIpc) is 3.28. The molecule has 0 N–H and O–H groups in total. The van der Waals surface area contributed by atoms with Gasteiger partial charge >= 0.3 is 5.97 Å². The van der Waals surface area contributed by atoms with Crippen molar-refractivity contribution in [3.8, 4) is 11.3 Å². The molecule has 4 rings (SSSR count). The van der Waals surface area contributed by atoms with Crippen molar-refractivity contribution in [3.63, 3.8) is 0 Å². The van der Waals surface area contributed by atoms with Crippen molar-refractivity contribution < 1.29 is 18.7 Å². The van der Waals surface area contributed by atoms with E-state index in [1.54, 1.807) is 12.1 Å². The van der Waals surface area contributed by atoms with Crippen LogP contribution in [0.3, 0.4) is 0 Å². The zero-order chi connectivity index (χ0) is 22.1. The van der Waals surface area contributed by atoms with Gasteiger partial charge in [0.15, 0.2) is 11.0 Å². The molecule has 0 unspecified atom stereocenters. The number of esters is 1. The Morgan fingerprint density at radius 3 is 2.71 bits per heavy atom. The van der Waals surface area contributed by atoms with Gasteiger partial charge in [-0.3, -0.25) is 4.79 Å². The number of aromatic nitrogens is 2. The van der Waals surface area contributed by atoms with E-state index in [1.807, 2.05) is 48.7 Å². The number of halogens is 1. The van der Waals surface area contributed by atoms with Gasteiger partial charge in [0.25, 0.3) is 0 Å². The van der Waals surface area contributed by atoms with E-state index in [4.69, 9.17) is 9.15 Å².